The van der Waals surface area contributed by atoms with Crippen molar-refractivity contribution in [3.63, 3.8) is 0 Å². The van der Waals surface area contributed by atoms with Gasteiger partial charge >= 0.3 is 0 Å². The van der Waals surface area contributed by atoms with Gasteiger partial charge in [0.25, 0.3) is 0 Å². The first-order valence-corrected chi connectivity index (χ1v) is 6.95. The number of hydrogen-bond acceptors (Lipinski definition) is 1. The molecule has 3 unspecified atom stereocenters. The van der Waals surface area contributed by atoms with Crippen molar-refractivity contribution < 1.29 is 4.79 Å². The summed E-state index contributed by atoms with van der Waals surface area (Å²) in [4.78, 5) is 11.4. The fraction of sp³-hybridized carbons (Fsp3) is 0.800. The molecule has 0 aliphatic heterocycles. The second kappa shape index (κ2) is 5.16. The van der Waals surface area contributed by atoms with Crippen LogP contribution in [-0.4, -0.2) is 6.29 Å². The molecule has 2 bridgehead atoms. The Morgan fingerprint density at radius 1 is 1.25 bits per heavy atom. The van der Waals surface area contributed by atoms with E-state index in [9.17, 15) is 4.79 Å². The highest BCUT2D eigenvalue weighted by Crippen LogP contribution is 2.53. The maximum atomic E-state index is 11.4. The third-order valence-corrected chi connectivity index (χ3v) is 4.53. The summed E-state index contributed by atoms with van der Waals surface area (Å²) in [5, 5.41) is 0. The van der Waals surface area contributed by atoms with Crippen molar-refractivity contribution in [3.8, 4) is 0 Å². The lowest BCUT2D eigenvalue weighted by molar-refractivity contribution is -0.118. The second-order valence-corrected chi connectivity index (χ2v) is 5.71. The normalized spacial score (nSPS) is 35.8. The number of carbonyl (C=O) groups excluding carboxylic acids is 1. The maximum absolute atomic E-state index is 11.4. The van der Waals surface area contributed by atoms with Crippen LogP contribution in [0.15, 0.2) is 12.2 Å². The van der Waals surface area contributed by atoms with Crippen molar-refractivity contribution in [2.24, 2.45) is 17.3 Å². The first-order chi connectivity index (χ1) is 7.80. The van der Waals surface area contributed by atoms with Gasteiger partial charge in [0.2, 0.25) is 0 Å². The molecule has 16 heavy (non-hydrogen) atoms. The van der Waals surface area contributed by atoms with Crippen LogP contribution >= 0.6 is 0 Å². The zero-order valence-electron chi connectivity index (χ0n) is 10.5. The van der Waals surface area contributed by atoms with Crippen molar-refractivity contribution in [3.05, 3.63) is 12.2 Å². The molecule has 0 amide bonds. The fourth-order valence-electron chi connectivity index (χ4n) is 3.53. The molecule has 0 aromatic rings. The highest BCUT2D eigenvalue weighted by Gasteiger charge is 2.47. The van der Waals surface area contributed by atoms with Gasteiger partial charge in [0.1, 0.15) is 6.29 Å². The topological polar surface area (TPSA) is 17.1 Å². The Balaban J connectivity index is 1.78. The molecule has 0 radical (unpaired) electrons. The lowest BCUT2D eigenvalue weighted by Crippen LogP contribution is -2.27. The zero-order valence-corrected chi connectivity index (χ0v) is 10.5. The van der Waals surface area contributed by atoms with Crippen LogP contribution in [0.1, 0.15) is 58.3 Å². The molecule has 2 rings (SSSR count). The smallest absolute Gasteiger partial charge is 0.126 e. The molecular formula is C15H24O. The van der Waals surface area contributed by atoms with E-state index in [1.807, 2.05) is 0 Å². The van der Waals surface area contributed by atoms with Crippen LogP contribution in [0.2, 0.25) is 0 Å². The highest BCUT2D eigenvalue weighted by atomic mass is 16.1. The third-order valence-electron chi connectivity index (χ3n) is 4.53. The molecule has 90 valence electrons. The first kappa shape index (κ1) is 11.9. The number of carbonyl (C=O) groups is 1. The van der Waals surface area contributed by atoms with Gasteiger partial charge in [-0.1, -0.05) is 51.2 Å². The van der Waals surface area contributed by atoms with Crippen LogP contribution in [0.4, 0.5) is 0 Å². The van der Waals surface area contributed by atoms with Crippen molar-refractivity contribution in [2.75, 3.05) is 0 Å². The van der Waals surface area contributed by atoms with Crippen LogP contribution < -0.4 is 0 Å². The molecule has 1 fully saturated rings. The maximum Gasteiger partial charge on any atom is 0.126 e. The minimum absolute atomic E-state index is 0.0334. The number of rotatable bonds is 7. The van der Waals surface area contributed by atoms with Crippen LogP contribution in [0.5, 0.6) is 0 Å². The lowest BCUT2D eigenvalue weighted by Gasteiger charge is -2.29. The molecule has 0 heterocycles. The average molecular weight is 220 g/mol. The molecular weight excluding hydrogens is 196 g/mol. The van der Waals surface area contributed by atoms with E-state index in [0.29, 0.717) is 11.8 Å². The van der Waals surface area contributed by atoms with E-state index in [0.717, 1.165) is 12.8 Å². The summed E-state index contributed by atoms with van der Waals surface area (Å²) in [6.45, 7) is 2.24. The molecule has 0 N–H and O–H groups in total. The molecule has 0 aromatic carbocycles. The number of unbranched alkanes of at least 4 members (excludes halogenated alkanes) is 4. The van der Waals surface area contributed by atoms with Crippen molar-refractivity contribution >= 4 is 6.29 Å². The third kappa shape index (κ3) is 2.23. The van der Waals surface area contributed by atoms with Gasteiger partial charge in [0.05, 0.1) is 0 Å². The van der Waals surface area contributed by atoms with Crippen LogP contribution in [0.25, 0.3) is 0 Å². The van der Waals surface area contributed by atoms with Gasteiger partial charge in [-0.05, 0) is 31.1 Å². The summed E-state index contributed by atoms with van der Waals surface area (Å²) in [6.07, 6.45) is 16.0. The van der Waals surface area contributed by atoms with Gasteiger partial charge in [-0.3, -0.25) is 0 Å². The van der Waals surface area contributed by atoms with E-state index in [4.69, 9.17) is 0 Å². The minimum Gasteiger partial charge on any atom is -0.303 e. The van der Waals surface area contributed by atoms with Gasteiger partial charge in [-0.2, -0.15) is 0 Å². The minimum atomic E-state index is 0.0334. The highest BCUT2D eigenvalue weighted by molar-refractivity contribution is 5.62. The number of aldehydes is 1. The Hall–Kier alpha value is -0.590. The molecule has 2 aliphatic rings. The average Bonchev–Trinajstić information content (AvgIpc) is 2.89. The van der Waals surface area contributed by atoms with Gasteiger partial charge in [0.15, 0.2) is 0 Å². The van der Waals surface area contributed by atoms with E-state index in [1.54, 1.807) is 0 Å². The Kier molecular flexibility index (Phi) is 3.83. The van der Waals surface area contributed by atoms with E-state index in [-0.39, 0.29) is 5.41 Å². The van der Waals surface area contributed by atoms with Crippen LogP contribution in [-0.2, 0) is 4.79 Å². The Morgan fingerprint density at radius 3 is 2.62 bits per heavy atom. The van der Waals surface area contributed by atoms with Gasteiger partial charge in [-0.25, -0.2) is 0 Å². The van der Waals surface area contributed by atoms with Crippen molar-refractivity contribution in [2.45, 2.75) is 58.3 Å². The second-order valence-electron chi connectivity index (χ2n) is 5.71. The Labute approximate surface area is 99.3 Å². The predicted molar refractivity (Wildman–Crippen MR) is 67.2 cm³/mol. The molecule has 3 atom stereocenters. The van der Waals surface area contributed by atoms with E-state index >= 15 is 0 Å². The van der Waals surface area contributed by atoms with E-state index in [1.165, 1.54) is 44.8 Å². The number of hydrogen-bond donors (Lipinski definition) is 0. The lowest BCUT2D eigenvalue weighted by atomic mass is 9.73. The number of allylic oxidation sites excluding steroid dienone is 2. The van der Waals surface area contributed by atoms with Gasteiger partial charge < -0.3 is 4.79 Å². The summed E-state index contributed by atoms with van der Waals surface area (Å²) in [5.41, 5.74) is 0.0334. The molecule has 1 heteroatoms. The molecule has 0 aromatic heterocycles. The van der Waals surface area contributed by atoms with Gasteiger partial charge in [0, 0.05) is 5.41 Å². The van der Waals surface area contributed by atoms with Crippen molar-refractivity contribution in [1.82, 2.24) is 0 Å². The summed E-state index contributed by atoms with van der Waals surface area (Å²) < 4.78 is 0. The molecule has 0 spiro atoms. The van der Waals surface area contributed by atoms with Crippen molar-refractivity contribution in [1.29, 1.82) is 0 Å². The van der Waals surface area contributed by atoms with E-state index in [2.05, 4.69) is 19.1 Å². The summed E-state index contributed by atoms with van der Waals surface area (Å²) in [5.74, 6) is 1.28. The largest absolute Gasteiger partial charge is 0.303 e. The quantitative estimate of drug-likeness (QED) is 0.358. The monoisotopic (exact) mass is 220 g/mol. The van der Waals surface area contributed by atoms with Crippen LogP contribution in [0, 0.1) is 17.3 Å². The molecule has 1 nitrogen and oxygen atoms in total. The SMILES string of the molecule is CCCCCCCC1(C=O)CC2C=CC1C2. The molecule has 2 aliphatic carbocycles. The molecule has 1 saturated carbocycles. The Bertz CT molecular complexity index is 269. The zero-order chi connectivity index (χ0) is 11.4. The predicted octanol–water partition coefficient (Wildman–Crippen LogP) is 4.13. The van der Waals surface area contributed by atoms with Gasteiger partial charge in [-0.15, -0.1) is 0 Å². The summed E-state index contributed by atoms with van der Waals surface area (Å²) in [6, 6.07) is 0. The number of fused-ring (bicyclic) bond motifs is 2. The Morgan fingerprint density at radius 2 is 2.06 bits per heavy atom. The summed E-state index contributed by atoms with van der Waals surface area (Å²) >= 11 is 0. The molecule has 0 saturated heterocycles. The summed E-state index contributed by atoms with van der Waals surface area (Å²) in [7, 11) is 0. The van der Waals surface area contributed by atoms with E-state index < -0.39 is 0 Å². The first-order valence-electron chi connectivity index (χ1n) is 6.95. The standard InChI is InChI=1S/C15H24O/c1-2-3-4-5-6-9-15(12-16)11-13-7-8-14(15)10-13/h7-8,12-14H,2-6,9-11H2,1H3. The van der Waals surface area contributed by atoms with Crippen LogP contribution in [0.3, 0.4) is 0 Å². The fourth-order valence-corrected chi connectivity index (χ4v) is 3.53.